The van der Waals surface area contributed by atoms with Gasteiger partial charge < -0.3 is 5.73 Å². The van der Waals surface area contributed by atoms with Gasteiger partial charge in [-0.05, 0) is 13.3 Å². The minimum atomic E-state index is 0.402. The Bertz CT molecular complexity index is 99.4. The minimum absolute atomic E-state index is 0.402. The van der Waals surface area contributed by atoms with Crippen LogP contribution in [0, 0.1) is 0 Å². The van der Waals surface area contributed by atoms with Gasteiger partial charge in [-0.2, -0.15) is 0 Å². The van der Waals surface area contributed by atoms with Crippen molar-refractivity contribution in [2.24, 2.45) is 5.73 Å². The first-order chi connectivity index (χ1) is 6.77. The third kappa shape index (κ3) is 12.0. The van der Waals surface area contributed by atoms with Gasteiger partial charge in [0.05, 0.1) is 0 Å². The lowest BCUT2D eigenvalue weighted by Gasteiger charge is -2.04. The molecule has 1 heteroatoms. The van der Waals surface area contributed by atoms with Crippen LogP contribution in [0.15, 0.2) is 0 Å². The van der Waals surface area contributed by atoms with E-state index in [1.807, 2.05) is 0 Å². The normalized spacial score (nSPS) is 13.1. The van der Waals surface area contributed by atoms with E-state index in [1.54, 1.807) is 0 Å². The highest BCUT2D eigenvalue weighted by atomic mass is 14.6. The lowest BCUT2D eigenvalue weighted by atomic mass is 10.1. The second-order valence-corrected chi connectivity index (χ2v) is 4.59. The smallest absolute Gasteiger partial charge is 0.00104 e. The fraction of sp³-hybridized carbons (Fsp3) is 1.00. The molecule has 1 atom stereocenters. The van der Waals surface area contributed by atoms with Crippen LogP contribution in [0.5, 0.6) is 0 Å². The van der Waals surface area contributed by atoms with E-state index in [0.717, 1.165) is 0 Å². The van der Waals surface area contributed by atoms with Crippen LogP contribution in [0.3, 0.4) is 0 Å². The molecule has 0 amide bonds. The van der Waals surface area contributed by atoms with Crippen LogP contribution < -0.4 is 5.73 Å². The molecule has 0 fully saturated rings. The molecule has 0 aliphatic carbocycles. The lowest BCUT2D eigenvalue weighted by Crippen LogP contribution is -2.13. The molecular weight excluding hydrogens is 170 g/mol. The Balaban J connectivity index is 2.85. The maximum Gasteiger partial charge on any atom is 0.00104 e. The third-order valence-electron chi connectivity index (χ3n) is 2.76. The standard InChI is InChI=1S/C13H29N/c1-3-4-5-6-7-8-9-10-11-12-13(2)14/h13H,3-12,14H2,1-2H3/t13-/m0/s1. The van der Waals surface area contributed by atoms with Gasteiger partial charge in [-0.3, -0.25) is 0 Å². The zero-order chi connectivity index (χ0) is 10.6. The number of hydrogen-bond donors (Lipinski definition) is 1. The van der Waals surface area contributed by atoms with Gasteiger partial charge in [0.1, 0.15) is 0 Å². The number of hydrogen-bond acceptors (Lipinski definition) is 1. The molecular formula is C13H29N. The van der Waals surface area contributed by atoms with Gasteiger partial charge >= 0.3 is 0 Å². The summed E-state index contributed by atoms with van der Waals surface area (Å²) in [6.07, 6.45) is 13.9. The molecule has 0 saturated carbocycles. The average Bonchev–Trinajstić information content (AvgIpc) is 2.15. The predicted octanol–water partition coefficient (Wildman–Crippen LogP) is 4.25. The summed E-state index contributed by atoms with van der Waals surface area (Å²) in [5, 5.41) is 0. The molecule has 0 aromatic rings. The van der Waals surface area contributed by atoms with Gasteiger partial charge in [-0.15, -0.1) is 0 Å². The van der Waals surface area contributed by atoms with Gasteiger partial charge in [-0.1, -0.05) is 64.7 Å². The first-order valence-corrected chi connectivity index (χ1v) is 6.53. The van der Waals surface area contributed by atoms with Crippen molar-refractivity contribution >= 4 is 0 Å². The van der Waals surface area contributed by atoms with Crippen LogP contribution in [0.1, 0.15) is 78.1 Å². The molecule has 0 aliphatic rings. The zero-order valence-corrected chi connectivity index (χ0v) is 10.2. The second-order valence-electron chi connectivity index (χ2n) is 4.59. The van der Waals surface area contributed by atoms with Crippen LogP contribution in [-0.2, 0) is 0 Å². The molecule has 0 spiro atoms. The molecule has 0 aliphatic heterocycles. The van der Waals surface area contributed by atoms with Gasteiger partial charge in [0, 0.05) is 6.04 Å². The van der Waals surface area contributed by atoms with Crippen molar-refractivity contribution in [1.29, 1.82) is 0 Å². The van der Waals surface area contributed by atoms with Gasteiger partial charge in [0.25, 0.3) is 0 Å². The zero-order valence-electron chi connectivity index (χ0n) is 10.2. The maximum absolute atomic E-state index is 5.69. The second kappa shape index (κ2) is 11.0. The summed E-state index contributed by atoms with van der Waals surface area (Å²) in [7, 11) is 0. The molecule has 2 N–H and O–H groups in total. The molecule has 0 aromatic carbocycles. The van der Waals surface area contributed by atoms with Gasteiger partial charge in [-0.25, -0.2) is 0 Å². The largest absolute Gasteiger partial charge is 0.328 e. The van der Waals surface area contributed by atoms with E-state index in [0.29, 0.717) is 6.04 Å². The van der Waals surface area contributed by atoms with Crippen LogP contribution in [0.25, 0.3) is 0 Å². The van der Waals surface area contributed by atoms with Crippen molar-refractivity contribution in [3.05, 3.63) is 0 Å². The van der Waals surface area contributed by atoms with Crippen molar-refractivity contribution in [3.63, 3.8) is 0 Å². The van der Waals surface area contributed by atoms with Crippen molar-refractivity contribution in [2.45, 2.75) is 84.1 Å². The topological polar surface area (TPSA) is 26.0 Å². The molecule has 0 radical (unpaired) electrons. The highest BCUT2D eigenvalue weighted by Gasteiger charge is 1.94. The van der Waals surface area contributed by atoms with Crippen LogP contribution in [-0.4, -0.2) is 6.04 Å². The first-order valence-electron chi connectivity index (χ1n) is 6.53. The third-order valence-corrected chi connectivity index (χ3v) is 2.76. The molecule has 0 rings (SSSR count). The molecule has 1 nitrogen and oxygen atoms in total. The fourth-order valence-corrected chi connectivity index (χ4v) is 1.78. The quantitative estimate of drug-likeness (QED) is 0.523. The first kappa shape index (κ1) is 14.0. The van der Waals surface area contributed by atoms with Crippen molar-refractivity contribution in [3.8, 4) is 0 Å². The summed E-state index contributed by atoms with van der Waals surface area (Å²) in [6.45, 7) is 4.37. The molecule has 14 heavy (non-hydrogen) atoms. The summed E-state index contributed by atoms with van der Waals surface area (Å²) in [4.78, 5) is 0. The molecule has 0 heterocycles. The molecule has 0 unspecified atom stereocenters. The summed E-state index contributed by atoms with van der Waals surface area (Å²) < 4.78 is 0. The highest BCUT2D eigenvalue weighted by Crippen LogP contribution is 2.10. The Morgan fingerprint density at radius 2 is 1.21 bits per heavy atom. The van der Waals surface area contributed by atoms with E-state index in [9.17, 15) is 0 Å². The summed E-state index contributed by atoms with van der Waals surface area (Å²) in [6, 6.07) is 0.402. The number of nitrogens with two attached hydrogens (primary N) is 1. The lowest BCUT2D eigenvalue weighted by molar-refractivity contribution is 0.537. The van der Waals surface area contributed by atoms with E-state index < -0.39 is 0 Å². The summed E-state index contributed by atoms with van der Waals surface area (Å²) in [5.74, 6) is 0. The Morgan fingerprint density at radius 3 is 1.64 bits per heavy atom. The Hall–Kier alpha value is -0.0400. The fourth-order valence-electron chi connectivity index (χ4n) is 1.78. The molecule has 86 valence electrons. The van der Waals surface area contributed by atoms with Crippen LogP contribution in [0.2, 0.25) is 0 Å². The van der Waals surface area contributed by atoms with Gasteiger partial charge in [0.2, 0.25) is 0 Å². The van der Waals surface area contributed by atoms with Crippen LogP contribution in [0.4, 0.5) is 0 Å². The Kier molecular flexibility index (Phi) is 11.0. The highest BCUT2D eigenvalue weighted by molar-refractivity contribution is 4.53. The molecule has 0 aromatic heterocycles. The summed E-state index contributed by atoms with van der Waals surface area (Å²) in [5.41, 5.74) is 5.69. The van der Waals surface area contributed by atoms with Crippen molar-refractivity contribution < 1.29 is 0 Å². The van der Waals surface area contributed by atoms with Crippen LogP contribution >= 0.6 is 0 Å². The van der Waals surface area contributed by atoms with E-state index in [4.69, 9.17) is 5.73 Å². The Labute approximate surface area is 90.5 Å². The molecule has 0 saturated heterocycles. The minimum Gasteiger partial charge on any atom is -0.328 e. The predicted molar refractivity (Wildman–Crippen MR) is 65.5 cm³/mol. The monoisotopic (exact) mass is 199 g/mol. The Morgan fingerprint density at radius 1 is 0.786 bits per heavy atom. The number of rotatable bonds is 10. The van der Waals surface area contributed by atoms with Crippen molar-refractivity contribution in [2.75, 3.05) is 0 Å². The van der Waals surface area contributed by atoms with E-state index in [1.165, 1.54) is 64.2 Å². The SMILES string of the molecule is CCCCCCCCCCC[C@H](C)N. The van der Waals surface area contributed by atoms with Crippen molar-refractivity contribution in [1.82, 2.24) is 0 Å². The van der Waals surface area contributed by atoms with E-state index in [-0.39, 0.29) is 0 Å². The van der Waals surface area contributed by atoms with E-state index >= 15 is 0 Å². The average molecular weight is 199 g/mol. The maximum atomic E-state index is 5.69. The molecule has 0 bridgehead atoms. The number of unbranched alkanes of at least 4 members (excludes halogenated alkanes) is 8. The van der Waals surface area contributed by atoms with E-state index in [2.05, 4.69) is 13.8 Å². The summed E-state index contributed by atoms with van der Waals surface area (Å²) >= 11 is 0. The van der Waals surface area contributed by atoms with Gasteiger partial charge in [0.15, 0.2) is 0 Å².